The Morgan fingerprint density at radius 1 is 0.561 bits per heavy atom. The lowest BCUT2D eigenvalue weighted by Crippen LogP contribution is -2.64. The molecule has 3 heteroatoms. The van der Waals surface area contributed by atoms with Crippen molar-refractivity contribution < 1.29 is 4.74 Å². The first-order valence-corrected chi connectivity index (χ1v) is 15.4. The third-order valence-corrected chi connectivity index (χ3v) is 10.1. The summed E-state index contributed by atoms with van der Waals surface area (Å²) in [6, 6.07) is 44.5. The van der Waals surface area contributed by atoms with Crippen LogP contribution in [-0.4, -0.2) is 29.6 Å². The van der Waals surface area contributed by atoms with Crippen molar-refractivity contribution >= 4 is 12.4 Å². The maximum Gasteiger partial charge on any atom is 0.108 e. The molecule has 0 aromatic heterocycles. The van der Waals surface area contributed by atoms with E-state index in [1.807, 2.05) is 0 Å². The van der Waals surface area contributed by atoms with E-state index in [9.17, 15) is 0 Å². The van der Waals surface area contributed by atoms with Gasteiger partial charge in [-0.15, -0.1) is 12.4 Å². The minimum atomic E-state index is -0.0713. The molecular formula is C38H42ClNO. The van der Waals surface area contributed by atoms with Crippen molar-refractivity contribution in [3.8, 4) is 0 Å². The van der Waals surface area contributed by atoms with Gasteiger partial charge >= 0.3 is 0 Å². The van der Waals surface area contributed by atoms with Crippen LogP contribution < -0.4 is 0 Å². The normalized spacial score (nSPS) is 27.8. The summed E-state index contributed by atoms with van der Waals surface area (Å²) in [5.74, 6) is 1.40. The van der Waals surface area contributed by atoms with Gasteiger partial charge in [-0.05, 0) is 85.2 Å². The summed E-state index contributed by atoms with van der Waals surface area (Å²) in [7, 11) is 0. The molecular weight excluding hydrogens is 522 g/mol. The summed E-state index contributed by atoms with van der Waals surface area (Å²) in [5, 5.41) is 0. The number of piperidine rings is 1. The van der Waals surface area contributed by atoms with Crippen LogP contribution in [0.3, 0.4) is 0 Å². The molecule has 4 aromatic carbocycles. The molecule has 1 heterocycles. The smallest absolute Gasteiger partial charge is 0.108 e. The number of likely N-dealkylation sites (tertiary alicyclic amines) is 1. The maximum atomic E-state index is 7.49. The topological polar surface area (TPSA) is 12.5 Å². The molecule has 212 valence electrons. The number of fused-ring (bicyclic) bond motifs is 3. The fraction of sp³-hybridized carbons (Fsp3) is 0.368. The van der Waals surface area contributed by atoms with Gasteiger partial charge in [-0.25, -0.2) is 0 Å². The lowest BCUT2D eigenvalue weighted by Gasteiger charge is -2.62. The quantitative estimate of drug-likeness (QED) is 0.222. The Kier molecular flexibility index (Phi) is 8.63. The van der Waals surface area contributed by atoms with Crippen LogP contribution in [-0.2, 0) is 4.74 Å². The molecule has 4 fully saturated rings. The second kappa shape index (κ2) is 12.5. The molecule has 3 aliphatic carbocycles. The van der Waals surface area contributed by atoms with E-state index in [0.717, 1.165) is 6.42 Å². The number of hydrogen-bond donors (Lipinski definition) is 0. The van der Waals surface area contributed by atoms with Crippen molar-refractivity contribution in [2.45, 2.75) is 68.1 Å². The Morgan fingerprint density at radius 2 is 1.00 bits per heavy atom. The van der Waals surface area contributed by atoms with Gasteiger partial charge < -0.3 is 4.74 Å². The second-order valence-corrected chi connectivity index (χ2v) is 12.4. The van der Waals surface area contributed by atoms with Gasteiger partial charge in [0.2, 0.25) is 0 Å². The molecule has 0 N–H and O–H groups in total. The highest BCUT2D eigenvalue weighted by molar-refractivity contribution is 5.85. The number of benzene rings is 4. The predicted octanol–water partition coefficient (Wildman–Crippen LogP) is 9.19. The molecule has 0 spiro atoms. The predicted molar refractivity (Wildman–Crippen MR) is 171 cm³/mol. The fourth-order valence-corrected chi connectivity index (χ4v) is 8.41. The van der Waals surface area contributed by atoms with E-state index in [2.05, 4.69) is 126 Å². The first kappa shape index (κ1) is 28.2. The Bertz CT molecular complexity index is 1270. The second-order valence-electron chi connectivity index (χ2n) is 12.4. The molecule has 3 saturated carbocycles. The Hall–Kier alpha value is -2.91. The first-order valence-electron chi connectivity index (χ1n) is 15.4. The first-order chi connectivity index (χ1) is 19.8. The Morgan fingerprint density at radius 3 is 1.46 bits per heavy atom. The summed E-state index contributed by atoms with van der Waals surface area (Å²) in [6.07, 6.45) is 7.71. The summed E-state index contributed by atoms with van der Waals surface area (Å²) >= 11 is 0. The molecule has 1 saturated heterocycles. The average molecular weight is 564 g/mol. The summed E-state index contributed by atoms with van der Waals surface area (Å²) in [4.78, 5) is 2.90. The van der Waals surface area contributed by atoms with E-state index in [4.69, 9.17) is 4.74 Å². The molecule has 4 aromatic rings. The molecule has 0 amide bonds. The van der Waals surface area contributed by atoms with Crippen molar-refractivity contribution in [2.75, 3.05) is 13.1 Å². The van der Waals surface area contributed by atoms with Gasteiger partial charge in [0.25, 0.3) is 0 Å². The zero-order valence-corrected chi connectivity index (χ0v) is 24.7. The molecule has 0 radical (unpaired) electrons. The minimum Gasteiger partial charge on any atom is -0.365 e. The lowest BCUT2D eigenvalue weighted by molar-refractivity contribution is -0.147. The highest BCUT2D eigenvalue weighted by atomic mass is 35.5. The van der Waals surface area contributed by atoms with Crippen LogP contribution in [0.15, 0.2) is 121 Å². The number of ether oxygens (including phenoxy) is 1. The zero-order valence-electron chi connectivity index (χ0n) is 23.9. The van der Waals surface area contributed by atoms with Crippen LogP contribution in [0.5, 0.6) is 0 Å². The highest BCUT2D eigenvalue weighted by Crippen LogP contribution is 2.61. The minimum absolute atomic E-state index is 0. The lowest BCUT2D eigenvalue weighted by atomic mass is 9.51. The van der Waals surface area contributed by atoms with E-state index in [1.54, 1.807) is 0 Å². The Labute approximate surface area is 252 Å². The van der Waals surface area contributed by atoms with E-state index in [1.165, 1.54) is 67.4 Å². The molecule has 8 rings (SSSR count). The van der Waals surface area contributed by atoms with Crippen molar-refractivity contribution in [1.29, 1.82) is 0 Å². The van der Waals surface area contributed by atoms with Gasteiger partial charge in [0.1, 0.15) is 6.10 Å². The third-order valence-electron chi connectivity index (χ3n) is 10.1. The number of halogens is 1. The van der Waals surface area contributed by atoms with Gasteiger partial charge in [0.05, 0.1) is 6.10 Å². The van der Waals surface area contributed by atoms with E-state index in [0.29, 0.717) is 17.8 Å². The van der Waals surface area contributed by atoms with Gasteiger partial charge in [0.15, 0.2) is 0 Å². The monoisotopic (exact) mass is 563 g/mol. The number of rotatable bonds is 7. The highest BCUT2D eigenvalue weighted by Gasteiger charge is 2.58. The molecule has 1 aliphatic heterocycles. The van der Waals surface area contributed by atoms with Crippen molar-refractivity contribution in [2.24, 2.45) is 5.92 Å². The van der Waals surface area contributed by atoms with Gasteiger partial charge in [-0.1, -0.05) is 128 Å². The van der Waals surface area contributed by atoms with E-state index < -0.39 is 0 Å². The largest absolute Gasteiger partial charge is 0.365 e. The molecule has 4 aliphatic rings. The van der Waals surface area contributed by atoms with Crippen molar-refractivity contribution in [1.82, 2.24) is 4.90 Å². The van der Waals surface area contributed by atoms with Crippen LogP contribution in [0.4, 0.5) is 0 Å². The summed E-state index contributed by atoms with van der Waals surface area (Å²) < 4.78 is 7.49. The van der Waals surface area contributed by atoms with Gasteiger partial charge in [-0.3, -0.25) is 4.90 Å². The van der Waals surface area contributed by atoms with Crippen LogP contribution >= 0.6 is 12.4 Å². The molecule has 2 bridgehead atoms. The van der Waals surface area contributed by atoms with Crippen molar-refractivity contribution in [3.63, 3.8) is 0 Å². The Balaban J connectivity index is 0.00000302. The fourth-order valence-electron chi connectivity index (χ4n) is 8.41. The zero-order chi connectivity index (χ0) is 26.8. The van der Waals surface area contributed by atoms with Crippen LogP contribution in [0.1, 0.15) is 78.7 Å². The summed E-state index contributed by atoms with van der Waals surface area (Å²) in [6.45, 7) is 2.45. The van der Waals surface area contributed by atoms with Crippen molar-refractivity contribution in [3.05, 3.63) is 144 Å². The third kappa shape index (κ3) is 5.63. The molecule has 3 atom stereocenters. The van der Waals surface area contributed by atoms with E-state index in [-0.39, 0.29) is 30.2 Å². The molecule has 41 heavy (non-hydrogen) atoms. The number of nitrogens with zero attached hydrogens (tertiary/aromatic N) is 1. The van der Waals surface area contributed by atoms with E-state index >= 15 is 0 Å². The van der Waals surface area contributed by atoms with Gasteiger partial charge in [0, 0.05) is 5.54 Å². The van der Waals surface area contributed by atoms with Crippen LogP contribution in [0.2, 0.25) is 0 Å². The van der Waals surface area contributed by atoms with Gasteiger partial charge in [-0.2, -0.15) is 0 Å². The molecule has 0 unspecified atom stereocenters. The SMILES string of the molecule is Cl.c1ccc(C(O[C@@H]2CC3(N4CCCCC4)C[C@@H](c4ccccc4)C2[C@H](c2ccccc2)C3)c2ccccc2)cc1. The van der Waals surface area contributed by atoms with Crippen LogP contribution in [0.25, 0.3) is 0 Å². The molecule has 2 nitrogen and oxygen atoms in total. The van der Waals surface area contributed by atoms with Crippen LogP contribution in [0, 0.1) is 5.92 Å². The standard InChI is InChI=1S/C38H41NO.ClH/c1-6-16-29(17-7-1)33-26-38(39-24-14-5-15-25-39)27-34(30-18-8-2-9-19-30)36(33)35(28-38)40-37(31-20-10-3-11-21-31)32-22-12-4-13-23-32;/h1-4,6-13,16-23,33-37H,5,14-15,24-28H2;1H/t33-,34-,35+,36?,38?;/m0./s1. The maximum absolute atomic E-state index is 7.49. The average Bonchev–Trinajstić information content (AvgIpc) is 3.05. The summed E-state index contributed by atoms with van der Waals surface area (Å²) in [5.41, 5.74) is 5.63. The number of hydrogen-bond acceptors (Lipinski definition) is 2.